The number of carbonyl (C=O) groups excluding carboxylic acids is 2. The van der Waals surface area contributed by atoms with Crippen LogP contribution in [0.5, 0.6) is 0 Å². The van der Waals surface area contributed by atoms with Crippen LogP contribution in [-0.4, -0.2) is 36.5 Å². The molecule has 0 N–H and O–H groups in total. The van der Waals surface area contributed by atoms with Crippen molar-refractivity contribution in [2.45, 2.75) is 55.5 Å². The molecule has 1 heterocycles. The first-order valence-electron chi connectivity index (χ1n) is 10.1. The highest BCUT2D eigenvalue weighted by molar-refractivity contribution is 8.22. The van der Waals surface area contributed by atoms with Gasteiger partial charge in [0.1, 0.15) is 18.8 Å². The van der Waals surface area contributed by atoms with Gasteiger partial charge in [-0.3, -0.25) is 9.59 Å². The molecule has 8 heteroatoms. The third-order valence-corrected chi connectivity index (χ3v) is 6.54. The number of carbonyl (C=O) groups is 2. The van der Waals surface area contributed by atoms with E-state index in [0.29, 0.717) is 5.76 Å². The van der Waals surface area contributed by atoms with E-state index in [1.807, 2.05) is 60.7 Å². The predicted octanol–water partition coefficient (Wildman–Crippen LogP) is 5.39. The van der Waals surface area contributed by atoms with Crippen LogP contribution in [0.25, 0.3) is 0 Å². The van der Waals surface area contributed by atoms with Gasteiger partial charge >= 0.3 is 11.9 Å². The van der Waals surface area contributed by atoms with Crippen molar-refractivity contribution >= 4 is 35.5 Å². The van der Waals surface area contributed by atoms with Gasteiger partial charge in [-0.1, -0.05) is 59.9 Å². The lowest BCUT2D eigenvalue weighted by Gasteiger charge is -2.22. The molecule has 0 radical (unpaired) electrons. The molecule has 0 unspecified atom stereocenters. The third kappa shape index (κ3) is 7.13. The van der Waals surface area contributed by atoms with Gasteiger partial charge in [-0.25, -0.2) is 0 Å². The molecule has 0 amide bonds. The smallest absolute Gasteiger partial charge is 0.307 e. The molecule has 2 aromatic carbocycles. The summed E-state index contributed by atoms with van der Waals surface area (Å²) in [6, 6.07) is 19.6. The Hall–Kier alpha value is -2.26. The van der Waals surface area contributed by atoms with Crippen molar-refractivity contribution in [3.63, 3.8) is 0 Å². The van der Waals surface area contributed by atoms with E-state index < -0.39 is 29.9 Å². The number of hydrogen-bond donors (Lipinski definition) is 0. The fraction of sp³-hybridized carbons (Fsp3) is 0.333. The largest absolute Gasteiger partial charge is 0.463 e. The van der Waals surface area contributed by atoms with Crippen LogP contribution in [0.1, 0.15) is 27.7 Å². The number of ether oxygens (including phenoxy) is 4. The van der Waals surface area contributed by atoms with Crippen molar-refractivity contribution in [1.82, 2.24) is 0 Å². The van der Waals surface area contributed by atoms with Crippen LogP contribution in [0.2, 0.25) is 0 Å². The molecule has 2 aromatic rings. The SMILES string of the molecule is CC(=O)OC[C@H]1OC(C)(C)O[C@H]1C(OC(C)=O)=C(Sc1ccccc1)Sc1ccccc1. The zero-order valence-corrected chi connectivity index (χ0v) is 20.0. The molecule has 0 bridgehead atoms. The molecular weight excluding hydrogens is 448 g/mol. The van der Waals surface area contributed by atoms with Crippen LogP contribution < -0.4 is 0 Å². The second-order valence-electron chi connectivity index (χ2n) is 7.47. The lowest BCUT2D eigenvalue weighted by molar-refractivity contribution is -0.159. The number of benzene rings is 2. The topological polar surface area (TPSA) is 71.1 Å². The molecule has 6 nitrogen and oxygen atoms in total. The lowest BCUT2D eigenvalue weighted by atomic mass is 10.2. The summed E-state index contributed by atoms with van der Waals surface area (Å²) < 4.78 is 23.8. The molecule has 32 heavy (non-hydrogen) atoms. The maximum atomic E-state index is 12.1. The maximum absolute atomic E-state index is 12.1. The minimum atomic E-state index is -0.944. The van der Waals surface area contributed by atoms with Gasteiger partial charge in [-0.05, 0) is 38.1 Å². The van der Waals surface area contributed by atoms with Crippen LogP contribution >= 0.6 is 23.5 Å². The van der Waals surface area contributed by atoms with Gasteiger partial charge < -0.3 is 18.9 Å². The van der Waals surface area contributed by atoms with Crippen molar-refractivity contribution in [1.29, 1.82) is 0 Å². The monoisotopic (exact) mass is 474 g/mol. The zero-order valence-electron chi connectivity index (χ0n) is 18.4. The summed E-state index contributed by atoms with van der Waals surface area (Å²) in [5.41, 5.74) is 0. The Balaban J connectivity index is 2.05. The summed E-state index contributed by atoms with van der Waals surface area (Å²) >= 11 is 2.94. The lowest BCUT2D eigenvalue weighted by Crippen LogP contribution is -2.32. The number of hydrogen-bond acceptors (Lipinski definition) is 8. The highest BCUT2D eigenvalue weighted by Crippen LogP contribution is 2.45. The van der Waals surface area contributed by atoms with Gasteiger partial charge in [-0.15, -0.1) is 0 Å². The summed E-state index contributed by atoms with van der Waals surface area (Å²) in [6.45, 7) is 6.20. The fourth-order valence-corrected chi connectivity index (χ4v) is 5.34. The highest BCUT2D eigenvalue weighted by Gasteiger charge is 2.46. The molecule has 0 spiro atoms. The summed E-state index contributed by atoms with van der Waals surface area (Å²) in [7, 11) is 0. The van der Waals surface area contributed by atoms with Crippen molar-refractivity contribution in [3.05, 3.63) is 70.7 Å². The molecule has 1 saturated heterocycles. The van der Waals surface area contributed by atoms with E-state index in [1.165, 1.54) is 37.4 Å². The fourth-order valence-electron chi connectivity index (χ4n) is 3.06. The quantitative estimate of drug-likeness (QED) is 0.287. The molecule has 0 aliphatic carbocycles. The van der Waals surface area contributed by atoms with Crippen LogP contribution in [0, 0.1) is 0 Å². The Kier molecular flexibility index (Phi) is 8.42. The molecule has 0 aromatic heterocycles. The van der Waals surface area contributed by atoms with Crippen molar-refractivity contribution in [3.8, 4) is 0 Å². The van der Waals surface area contributed by atoms with Crippen molar-refractivity contribution < 1.29 is 28.5 Å². The van der Waals surface area contributed by atoms with E-state index in [-0.39, 0.29) is 6.61 Å². The minimum Gasteiger partial charge on any atom is -0.463 e. The number of rotatable bonds is 8. The summed E-state index contributed by atoms with van der Waals surface area (Å²) in [6.07, 6.45) is -1.37. The van der Waals surface area contributed by atoms with Gasteiger partial charge in [0.15, 0.2) is 11.5 Å². The Bertz CT molecular complexity index is 915. The first-order chi connectivity index (χ1) is 15.2. The van der Waals surface area contributed by atoms with Crippen LogP contribution in [0.3, 0.4) is 0 Å². The zero-order chi connectivity index (χ0) is 23.1. The second kappa shape index (κ2) is 11.0. The van der Waals surface area contributed by atoms with Crippen LogP contribution in [0.4, 0.5) is 0 Å². The van der Waals surface area contributed by atoms with Crippen molar-refractivity contribution in [2.24, 2.45) is 0 Å². The van der Waals surface area contributed by atoms with Gasteiger partial charge in [-0.2, -0.15) is 0 Å². The Morgan fingerprint density at radius 3 is 1.88 bits per heavy atom. The third-order valence-electron chi connectivity index (χ3n) is 4.26. The molecule has 2 atom stereocenters. The summed E-state index contributed by atoms with van der Waals surface area (Å²) in [5, 5.41) is 0. The minimum absolute atomic E-state index is 0.0204. The standard InChI is InChI=1S/C24H26O6S2/c1-16(25)27-15-20-21(30-24(3,4)29-20)22(28-17(2)26)23(31-18-11-7-5-8-12-18)32-19-13-9-6-10-14-19/h5-14,20-21H,15H2,1-4H3/t20-,21-/m1/s1. The number of esters is 2. The average Bonchev–Trinajstić information content (AvgIpc) is 3.05. The van der Waals surface area contributed by atoms with E-state index in [2.05, 4.69) is 0 Å². The Morgan fingerprint density at radius 2 is 1.41 bits per heavy atom. The van der Waals surface area contributed by atoms with Crippen molar-refractivity contribution in [2.75, 3.05) is 6.61 Å². The molecule has 0 saturated carbocycles. The van der Waals surface area contributed by atoms with E-state index in [1.54, 1.807) is 13.8 Å². The molecule has 170 valence electrons. The highest BCUT2D eigenvalue weighted by atomic mass is 32.2. The Labute approximate surface area is 196 Å². The molecule has 1 fully saturated rings. The summed E-state index contributed by atoms with van der Waals surface area (Å²) in [4.78, 5) is 25.5. The number of thioether (sulfide) groups is 2. The van der Waals surface area contributed by atoms with Crippen LogP contribution in [-0.2, 0) is 28.5 Å². The van der Waals surface area contributed by atoms with E-state index >= 15 is 0 Å². The van der Waals surface area contributed by atoms with E-state index in [9.17, 15) is 9.59 Å². The van der Waals surface area contributed by atoms with Crippen LogP contribution in [0.15, 0.2) is 80.5 Å². The molecule has 3 rings (SSSR count). The van der Waals surface area contributed by atoms with E-state index in [0.717, 1.165) is 14.0 Å². The molecular formula is C24H26O6S2. The van der Waals surface area contributed by atoms with Gasteiger partial charge in [0.05, 0.1) is 4.24 Å². The van der Waals surface area contributed by atoms with Gasteiger partial charge in [0.25, 0.3) is 0 Å². The second-order valence-corrected chi connectivity index (χ2v) is 9.90. The first kappa shape index (κ1) is 24.4. The van der Waals surface area contributed by atoms with Gasteiger partial charge in [0, 0.05) is 23.6 Å². The predicted molar refractivity (Wildman–Crippen MR) is 124 cm³/mol. The Morgan fingerprint density at radius 1 is 0.875 bits per heavy atom. The van der Waals surface area contributed by atoms with Gasteiger partial charge in [0.2, 0.25) is 0 Å². The molecule has 1 aliphatic rings. The maximum Gasteiger partial charge on any atom is 0.307 e. The first-order valence-corrected chi connectivity index (χ1v) is 11.7. The normalized spacial score (nSPS) is 19.2. The van der Waals surface area contributed by atoms with E-state index in [4.69, 9.17) is 18.9 Å². The molecule has 1 aliphatic heterocycles. The summed E-state index contributed by atoms with van der Waals surface area (Å²) in [5.74, 6) is -1.50. The average molecular weight is 475 g/mol.